The standard InChI is InChI=1S/C16H23N3O4S.ClH/c1-4-7-16(2,17)15(22)18-11-5-8-19(12(11)20)13-10(6-9-24-13)14(21)23-3;/h6,9,11H,4-5,7-8,17H2,1-3H3,(H,18,22);1H. The van der Waals surface area contributed by atoms with Crippen LogP contribution in [0, 0.1) is 0 Å². The van der Waals surface area contributed by atoms with Crippen LogP contribution in [-0.4, -0.2) is 43.0 Å². The van der Waals surface area contributed by atoms with Gasteiger partial charge in [-0.15, -0.1) is 23.7 Å². The van der Waals surface area contributed by atoms with Crippen LogP contribution in [0.4, 0.5) is 5.00 Å². The van der Waals surface area contributed by atoms with Gasteiger partial charge in [-0.1, -0.05) is 13.3 Å². The van der Waals surface area contributed by atoms with Crippen LogP contribution in [-0.2, 0) is 14.3 Å². The Morgan fingerprint density at radius 3 is 2.80 bits per heavy atom. The van der Waals surface area contributed by atoms with E-state index in [2.05, 4.69) is 5.32 Å². The van der Waals surface area contributed by atoms with Crippen molar-refractivity contribution in [2.75, 3.05) is 18.6 Å². The lowest BCUT2D eigenvalue weighted by Gasteiger charge is -2.25. The van der Waals surface area contributed by atoms with E-state index in [1.165, 1.54) is 23.3 Å². The predicted molar refractivity (Wildman–Crippen MR) is 99.3 cm³/mol. The number of nitrogens with two attached hydrogens (primary N) is 1. The lowest BCUT2D eigenvalue weighted by atomic mass is 9.96. The van der Waals surface area contributed by atoms with Crippen LogP contribution in [0.2, 0.25) is 0 Å². The molecular formula is C16H24ClN3O4S. The van der Waals surface area contributed by atoms with Gasteiger partial charge in [0.1, 0.15) is 11.0 Å². The van der Waals surface area contributed by atoms with E-state index in [4.69, 9.17) is 10.5 Å². The van der Waals surface area contributed by atoms with E-state index in [1.54, 1.807) is 18.4 Å². The molecule has 1 aromatic rings. The molecule has 2 atom stereocenters. The van der Waals surface area contributed by atoms with Crippen molar-refractivity contribution in [1.82, 2.24) is 5.32 Å². The van der Waals surface area contributed by atoms with Crippen LogP contribution in [0.3, 0.4) is 0 Å². The first kappa shape index (κ1) is 21.4. The first-order valence-corrected chi connectivity index (χ1v) is 8.76. The van der Waals surface area contributed by atoms with Crippen molar-refractivity contribution in [1.29, 1.82) is 0 Å². The van der Waals surface area contributed by atoms with Crippen molar-refractivity contribution in [3.63, 3.8) is 0 Å². The summed E-state index contributed by atoms with van der Waals surface area (Å²) in [6, 6.07) is 1.01. The van der Waals surface area contributed by atoms with Crippen LogP contribution in [0.25, 0.3) is 0 Å². The molecule has 2 rings (SSSR count). The van der Waals surface area contributed by atoms with E-state index in [-0.39, 0.29) is 24.2 Å². The molecule has 1 aromatic heterocycles. The number of anilines is 1. The van der Waals surface area contributed by atoms with E-state index in [9.17, 15) is 14.4 Å². The van der Waals surface area contributed by atoms with Crippen molar-refractivity contribution < 1.29 is 19.1 Å². The van der Waals surface area contributed by atoms with Crippen LogP contribution in [0.15, 0.2) is 11.4 Å². The Morgan fingerprint density at radius 2 is 2.20 bits per heavy atom. The Bertz CT molecular complexity index is 647. The number of hydrogen-bond donors (Lipinski definition) is 2. The number of hydrogen-bond acceptors (Lipinski definition) is 6. The number of rotatable bonds is 6. The fourth-order valence-electron chi connectivity index (χ4n) is 2.75. The number of halogens is 1. The molecule has 0 radical (unpaired) electrons. The minimum atomic E-state index is -0.997. The monoisotopic (exact) mass is 389 g/mol. The highest BCUT2D eigenvalue weighted by atomic mass is 35.5. The van der Waals surface area contributed by atoms with Crippen molar-refractivity contribution in [2.24, 2.45) is 5.73 Å². The van der Waals surface area contributed by atoms with Gasteiger partial charge < -0.3 is 20.7 Å². The van der Waals surface area contributed by atoms with Gasteiger partial charge >= 0.3 is 5.97 Å². The molecule has 1 aliphatic heterocycles. The van der Waals surface area contributed by atoms with Gasteiger partial charge in [-0.05, 0) is 31.2 Å². The number of esters is 1. The second-order valence-electron chi connectivity index (χ2n) is 6.10. The van der Waals surface area contributed by atoms with Crippen molar-refractivity contribution in [3.05, 3.63) is 17.0 Å². The van der Waals surface area contributed by atoms with E-state index in [0.717, 1.165) is 6.42 Å². The molecule has 2 amide bonds. The molecule has 1 saturated heterocycles. The zero-order valence-electron chi connectivity index (χ0n) is 14.5. The normalized spacial score (nSPS) is 19.1. The van der Waals surface area contributed by atoms with E-state index in [0.29, 0.717) is 30.0 Å². The summed E-state index contributed by atoms with van der Waals surface area (Å²) in [6.45, 7) is 4.05. The summed E-state index contributed by atoms with van der Waals surface area (Å²) >= 11 is 1.30. The van der Waals surface area contributed by atoms with Gasteiger partial charge in [0.05, 0.1) is 18.2 Å². The number of thiophene rings is 1. The summed E-state index contributed by atoms with van der Waals surface area (Å²) in [5, 5.41) is 5.03. The van der Waals surface area contributed by atoms with Gasteiger partial charge in [-0.25, -0.2) is 4.79 Å². The maximum Gasteiger partial charge on any atom is 0.340 e. The molecule has 9 heteroatoms. The molecule has 1 aliphatic rings. The first-order chi connectivity index (χ1) is 11.3. The molecule has 2 heterocycles. The summed E-state index contributed by atoms with van der Waals surface area (Å²) in [5.41, 5.74) is 5.37. The minimum absolute atomic E-state index is 0. The first-order valence-electron chi connectivity index (χ1n) is 7.88. The minimum Gasteiger partial charge on any atom is -0.465 e. The Morgan fingerprint density at radius 1 is 1.52 bits per heavy atom. The van der Waals surface area contributed by atoms with Crippen LogP contribution >= 0.6 is 23.7 Å². The average Bonchev–Trinajstić information content (AvgIpc) is 3.14. The molecule has 2 unspecified atom stereocenters. The molecule has 1 fully saturated rings. The van der Waals surface area contributed by atoms with Gasteiger partial charge in [-0.3, -0.25) is 9.59 Å². The number of ether oxygens (including phenoxy) is 1. The zero-order valence-corrected chi connectivity index (χ0v) is 16.2. The fraction of sp³-hybridized carbons (Fsp3) is 0.562. The molecule has 3 N–H and O–H groups in total. The molecule has 0 spiro atoms. The zero-order chi connectivity index (χ0) is 17.9. The predicted octanol–water partition coefficient (Wildman–Crippen LogP) is 1.70. The lowest BCUT2D eigenvalue weighted by molar-refractivity contribution is -0.129. The lowest BCUT2D eigenvalue weighted by Crippen LogP contribution is -2.55. The van der Waals surface area contributed by atoms with Gasteiger partial charge in [0.2, 0.25) is 11.8 Å². The van der Waals surface area contributed by atoms with Crippen LogP contribution < -0.4 is 16.0 Å². The highest BCUT2D eigenvalue weighted by Gasteiger charge is 2.38. The second kappa shape index (κ2) is 8.64. The van der Waals surface area contributed by atoms with Crippen LogP contribution in [0.1, 0.15) is 43.5 Å². The van der Waals surface area contributed by atoms with E-state index >= 15 is 0 Å². The van der Waals surface area contributed by atoms with Gasteiger partial charge in [-0.2, -0.15) is 0 Å². The summed E-state index contributed by atoms with van der Waals surface area (Å²) in [7, 11) is 1.30. The highest BCUT2D eigenvalue weighted by molar-refractivity contribution is 7.14. The molecule has 0 bridgehead atoms. The summed E-state index contributed by atoms with van der Waals surface area (Å²) in [5.74, 6) is -1.05. The highest BCUT2D eigenvalue weighted by Crippen LogP contribution is 2.31. The van der Waals surface area contributed by atoms with Gasteiger partial charge in [0.15, 0.2) is 0 Å². The Hall–Kier alpha value is -1.64. The quantitative estimate of drug-likeness (QED) is 0.721. The largest absolute Gasteiger partial charge is 0.465 e. The summed E-state index contributed by atoms with van der Waals surface area (Å²) < 4.78 is 4.74. The smallest absolute Gasteiger partial charge is 0.340 e. The fourth-order valence-corrected chi connectivity index (χ4v) is 3.67. The topological polar surface area (TPSA) is 102 Å². The molecule has 0 aromatic carbocycles. The summed E-state index contributed by atoms with van der Waals surface area (Å²) in [4.78, 5) is 38.2. The molecule has 7 nitrogen and oxygen atoms in total. The molecule has 0 aliphatic carbocycles. The Labute approximate surface area is 157 Å². The molecular weight excluding hydrogens is 366 g/mol. The number of amides is 2. The number of carbonyl (C=O) groups excluding carboxylic acids is 3. The number of carbonyl (C=O) groups is 3. The van der Waals surface area contributed by atoms with Crippen LogP contribution in [0.5, 0.6) is 0 Å². The van der Waals surface area contributed by atoms with Gasteiger partial charge in [0, 0.05) is 6.54 Å². The summed E-state index contributed by atoms with van der Waals surface area (Å²) in [6.07, 6.45) is 1.80. The Kier molecular flexibility index (Phi) is 7.40. The maximum absolute atomic E-state index is 12.6. The van der Waals surface area contributed by atoms with E-state index in [1.807, 2.05) is 6.92 Å². The van der Waals surface area contributed by atoms with Crippen molar-refractivity contribution >= 4 is 46.5 Å². The Balaban J connectivity index is 0.00000312. The van der Waals surface area contributed by atoms with Gasteiger partial charge in [0.25, 0.3) is 0 Å². The molecule has 0 saturated carbocycles. The number of nitrogens with zero attached hydrogens (tertiary/aromatic N) is 1. The van der Waals surface area contributed by atoms with Crippen molar-refractivity contribution in [3.8, 4) is 0 Å². The van der Waals surface area contributed by atoms with Crippen molar-refractivity contribution in [2.45, 2.75) is 44.7 Å². The average molecular weight is 390 g/mol. The maximum atomic E-state index is 12.6. The third-order valence-corrected chi connectivity index (χ3v) is 5.03. The number of nitrogens with one attached hydrogen (secondary N) is 1. The molecule has 25 heavy (non-hydrogen) atoms. The third kappa shape index (κ3) is 4.50. The van der Waals surface area contributed by atoms with E-state index < -0.39 is 17.6 Å². The third-order valence-electron chi connectivity index (χ3n) is 4.09. The number of methoxy groups -OCH3 is 1. The second-order valence-corrected chi connectivity index (χ2v) is 7.00. The SMILES string of the molecule is CCCC(C)(N)C(=O)NC1CCN(c2sccc2C(=O)OC)C1=O.Cl. The molecule has 140 valence electrons.